The maximum atomic E-state index is 12.3. The highest BCUT2D eigenvalue weighted by molar-refractivity contribution is 5.98. The average Bonchev–Trinajstić information content (AvgIpc) is 2.63. The minimum atomic E-state index is -0.758. The Labute approximate surface area is 170 Å². The van der Waals surface area contributed by atoms with Crippen molar-refractivity contribution in [1.29, 1.82) is 0 Å². The molecule has 3 rings (SSSR count). The molecule has 0 heterocycles. The van der Waals surface area contributed by atoms with Crippen molar-refractivity contribution in [2.45, 2.75) is 59.7 Å². The molecule has 0 aromatic heterocycles. The Kier molecular flexibility index (Phi) is 6.11. The first-order valence-corrected chi connectivity index (χ1v) is 9.75. The highest BCUT2D eigenvalue weighted by Crippen LogP contribution is 2.44. The van der Waals surface area contributed by atoms with Gasteiger partial charge in [0.25, 0.3) is 0 Å². The van der Waals surface area contributed by atoms with E-state index < -0.39 is 12.3 Å². The summed E-state index contributed by atoms with van der Waals surface area (Å²) in [7, 11) is 0. The summed E-state index contributed by atoms with van der Waals surface area (Å²) in [5.41, 5.74) is 2.77. The van der Waals surface area contributed by atoms with Crippen molar-refractivity contribution in [3.63, 3.8) is 0 Å². The second kappa shape index (κ2) is 8.55. The average molecular weight is 398 g/mol. The number of fused-ring (bicyclic) bond motifs is 2. The Morgan fingerprint density at radius 3 is 1.79 bits per heavy atom. The van der Waals surface area contributed by atoms with Crippen molar-refractivity contribution >= 4 is 23.1 Å². The topological polar surface area (TPSA) is 71.1 Å². The van der Waals surface area contributed by atoms with E-state index in [-0.39, 0.29) is 12.2 Å². The summed E-state index contributed by atoms with van der Waals surface area (Å²) in [4.78, 5) is 24.5. The van der Waals surface area contributed by atoms with Gasteiger partial charge in [0.15, 0.2) is 0 Å². The molecule has 0 amide bonds. The molecule has 29 heavy (non-hydrogen) atoms. The molecule has 0 aliphatic heterocycles. The van der Waals surface area contributed by atoms with Crippen LogP contribution in [0.25, 0.3) is 10.8 Å². The van der Waals surface area contributed by atoms with Gasteiger partial charge in [-0.25, -0.2) is 9.59 Å². The van der Waals surface area contributed by atoms with Crippen LogP contribution in [0.4, 0.5) is 9.59 Å². The number of hydrogen-bond donors (Lipinski definition) is 0. The number of hydrogen-bond acceptors (Lipinski definition) is 6. The molecule has 6 nitrogen and oxygen atoms in total. The van der Waals surface area contributed by atoms with Gasteiger partial charge < -0.3 is 18.9 Å². The van der Waals surface area contributed by atoms with E-state index in [2.05, 4.69) is 6.08 Å². The van der Waals surface area contributed by atoms with Gasteiger partial charge in [-0.1, -0.05) is 35.9 Å². The first-order chi connectivity index (χ1) is 13.8. The molecule has 0 bridgehead atoms. The summed E-state index contributed by atoms with van der Waals surface area (Å²) >= 11 is 0. The van der Waals surface area contributed by atoms with Gasteiger partial charge in [-0.3, -0.25) is 0 Å². The van der Waals surface area contributed by atoms with E-state index in [1.165, 1.54) is 0 Å². The van der Waals surface area contributed by atoms with E-state index in [0.717, 1.165) is 16.7 Å². The summed E-state index contributed by atoms with van der Waals surface area (Å²) in [6, 6.07) is 7.36. The van der Waals surface area contributed by atoms with Crippen LogP contribution in [0.2, 0.25) is 0 Å². The minimum Gasteiger partial charge on any atom is -0.431 e. The number of carbonyl (C=O) groups excluding carboxylic acids is 2. The maximum Gasteiger partial charge on any atom is 0.514 e. The molecule has 6 heteroatoms. The van der Waals surface area contributed by atoms with E-state index in [0.29, 0.717) is 35.1 Å². The van der Waals surface area contributed by atoms with Gasteiger partial charge in [-0.05, 0) is 47.5 Å². The molecule has 2 aromatic rings. The van der Waals surface area contributed by atoms with Gasteiger partial charge in [0.05, 0.1) is 12.2 Å². The van der Waals surface area contributed by atoms with Crippen LogP contribution in [0.15, 0.2) is 35.9 Å². The van der Waals surface area contributed by atoms with Crippen molar-refractivity contribution in [1.82, 2.24) is 0 Å². The summed E-state index contributed by atoms with van der Waals surface area (Å²) < 4.78 is 21.6. The standard InChI is InChI=1S/C23H26O6/c1-13(2)26-22(24)28-20-16-8-6-7-9-17(16)21(29-23(25)27-14(3)4)19-12-15(5)10-11-18(19)20/h6-10,13-14H,11-12H2,1-5H3. The van der Waals surface area contributed by atoms with Gasteiger partial charge in [-0.15, -0.1) is 0 Å². The van der Waals surface area contributed by atoms with E-state index >= 15 is 0 Å². The molecule has 0 unspecified atom stereocenters. The quantitative estimate of drug-likeness (QED) is 0.372. The molecular weight excluding hydrogens is 372 g/mol. The van der Waals surface area contributed by atoms with Crippen molar-refractivity contribution in [3.05, 3.63) is 47.0 Å². The van der Waals surface area contributed by atoms with Gasteiger partial charge in [0, 0.05) is 21.9 Å². The summed E-state index contributed by atoms with van der Waals surface area (Å²) in [6.45, 7) is 9.07. The van der Waals surface area contributed by atoms with Crippen LogP contribution in [-0.2, 0) is 22.3 Å². The SMILES string of the molecule is CC1=CCc2c(c(OC(=O)OC(C)C)c3ccccc3c2OC(=O)OC(C)C)C1. The van der Waals surface area contributed by atoms with Crippen LogP contribution < -0.4 is 9.47 Å². The highest BCUT2D eigenvalue weighted by atomic mass is 16.7. The number of rotatable bonds is 4. The lowest BCUT2D eigenvalue weighted by Crippen LogP contribution is -2.20. The Hall–Kier alpha value is -3.02. The Morgan fingerprint density at radius 1 is 0.828 bits per heavy atom. The number of carbonyl (C=O) groups is 2. The molecule has 154 valence electrons. The van der Waals surface area contributed by atoms with E-state index in [9.17, 15) is 9.59 Å². The molecular formula is C23H26O6. The summed E-state index contributed by atoms with van der Waals surface area (Å²) in [5.74, 6) is 0.882. The zero-order chi connectivity index (χ0) is 21.1. The lowest BCUT2D eigenvalue weighted by molar-refractivity contribution is 0.0708. The van der Waals surface area contributed by atoms with Crippen LogP contribution in [0.5, 0.6) is 11.5 Å². The molecule has 0 atom stereocenters. The van der Waals surface area contributed by atoms with E-state index in [4.69, 9.17) is 18.9 Å². The normalized spacial score (nSPS) is 13.1. The van der Waals surface area contributed by atoms with Crippen LogP contribution in [0.1, 0.15) is 45.7 Å². The predicted octanol–water partition coefficient (Wildman–Crippen LogP) is 5.73. The lowest BCUT2D eigenvalue weighted by atomic mass is 9.87. The minimum absolute atomic E-state index is 0.292. The molecule has 1 aliphatic rings. The fraction of sp³-hybridized carbons (Fsp3) is 0.391. The lowest BCUT2D eigenvalue weighted by Gasteiger charge is -2.24. The third-order valence-electron chi connectivity index (χ3n) is 4.47. The molecule has 0 saturated heterocycles. The van der Waals surface area contributed by atoms with Crippen LogP contribution in [-0.4, -0.2) is 24.5 Å². The van der Waals surface area contributed by atoms with Gasteiger partial charge in [0.2, 0.25) is 0 Å². The van der Waals surface area contributed by atoms with Gasteiger partial charge >= 0.3 is 12.3 Å². The highest BCUT2D eigenvalue weighted by Gasteiger charge is 2.27. The van der Waals surface area contributed by atoms with Crippen LogP contribution in [0.3, 0.4) is 0 Å². The van der Waals surface area contributed by atoms with Gasteiger partial charge in [-0.2, -0.15) is 0 Å². The third-order valence-corrected chi connectivity index (χ3v) is 4.47. The maximum absolute atomic E-state index is 12.3. The van der Waals surface area contributed by atoms with Crippen molar-refractivity contribution in [2.75, 3.05) is 0 Å². The smallest absolute Gasteiger partial charge is 0.431 e. The van der Waals surface area contributed by atoms with Gasteiger partial charge in [0.1, 0.15) is 11.5 Å². The molecule has 0 radical (unpaired) electrons. The number of allylic oxidation sites excluding steroid dienone is 2. The fourth-order valence-corrected chi connectivity index (χ4v) is 3.34. The molecule has 0 spiro atoms. The van der Waals surface area contributed by atoms with Crippen LogP contribution >= 0.6 is 0 Å². The van der Waals surface area contributed by atoms with E-state index in [1.807, 2.05) is 31.2 Å². The first-order valence-electron chi connectivity index (χ1n) is 9.75. The number of ether oxygens (including phenoxy) is 4. The second-order valence-corrected chi connectivity index (χ2v) is 7.63. The van der Waals surface area contributed by atoms with E-state index in [1.54, 1.807) is 27.7 Å². The first kappa shape index (κ1) is 20.7. The molecule has 0 saturated carbocycles. The van der Waals surface area contributed by atoms with Crippen molar-refractivity contribution < 1.29 is 28.5 Å². The molecule has 0 fully saturated rings. The molecule has 0 N–H and O–H groups in total. The largest absolute Gasteiger partial charge is 0.514 e. The molecule has 1 aliphatic carbocycles. The monoisotopic (exact) mass is 398 g/mol. The summed E-state index contributed by atoms with van der Waals surface area (Å²) in [6.07, 6.45) is 1.12. The summed E-state index contributed by atoms with van der Waals surface area (Å²) in [5, 5.41) is 1.35. The second-order valence-electron chi connectivity index (χ2n) is 7.63. The van der Waals surface area contributed by atoms with Crippen molar-refractivity contribution in [2.24, 2.45) is 0 Å². The van der Waals surface area contributed by atoms with Crippen LogP contribution in [0, 0.1) is 0 Å². The Balaban J connectivity index is 2.15. The zero-order valence-corrected chi connectivity index (χ0v) is 17.4. The zero-order valence-electron chi connectivity index (χ0n) is 17.4. The fourth-order valence-electron chi connectivity index (χ4n) is 3.34. The third kappa shape index (κ3) is 4.70. The Bertz CT molecular complexity index is 971. The number of benzene rings is 2. The van der Waals surface area contributed by atoms with Crippen molar-refractivity contribution in [3.8, 4) is 11.5 Å². The predicted molar refractivity (Wildman–Crippen MR) is 110 cm³/mol. The Morgan fingerprint density at radius 2 is 1.31 bits per heavy atom. The molecule has 2 aromatic carbocycles.